The van der Waals surface area contributed by atoms with Crippen molar-refractivity contribution in [1.29, 1.82) is 0 Å². The molecule has 2 aromatic carbocycles. The maximum atomic E-state index is 15.1. The lowest BCUT2D eigenvalue weighted by molar-refractivity contribution is -0.122. The largest absolute Gasteiger partial charge is 0.504 e. The molecule has 0 saturated carbocycles. The zero-order chi connectivity index (χ0) is 27.3. The molecule has 0 spiro atoms. The summed E-state index contributed by atoms with van der Waals surface area (Å²) in [6.45, 7) is 4.29. The van der Waals surface area contributed by atoms with Gasteiger partial charge in [-0.1, -0.05) is 32.0 Å². The summed E-state index contributed by atoms with van der Waals surface area (Å²) in [6, 6.07) is 8.13. The Morgan fingerprint density at radius 2 is 1.92 bits per heavy atom. The molecule has 0 unspecified atom stereocenters. The van der Waals surface area contributed by atoms with Crippen molar-refractivity contribution in [2.24, 2.45) is 11.7 Å². The van der Waals surface area contributed by atoms with Crippen LogP contribution >= 0.6 is 11.5 Å². The maximum Gasteiger partial charge on any atom is 0.273 e. The van der Waals surface area contributed by atoms with Crippen molar-refractivity contribution >= 4 is 40.6 Å². The smallest absolute Gasteiger partial charge is 0.273 e. The predicted octanol–water partition coefficient (Wildman–Crippen LogP) is 3.23. The highest BCUT2D eigenvalue weighted by molar-refractivity contribution is 7.09. The first-order valence-electron chi connectivity index (χ1n) is 11.3. The molecule has 0 aliphatic heterocycles. The molecule has 3 amide bonds. The van der Waals surface area contributed by atoms with Crippen molar-refractivity contribution in [3.63, 3.8) is 0 Å². The molecule has 1 heterocycles. The van der Waals surface area contributed by atoms with Crippen LogP contribution < -0.4 is 26.4 Å². The summed E-state index contributed by atoms with van der Waals surface area (Å²) in [4.78, 5) is 40.0. The number of aromatic nitrogens is 1. The van der Waals surface area contributed by atoms with E-state index in [-0.39, 0.29) is 39.0 Å². The van der Waals surface area contributed by atoms with Crippen LogP contribution in [-0.2, 0) is 4.79 Å². The number of rotatable bonds is 10. The second kappa shape index (κ2) is 11.7. The Labute approximate surface area is 217 Å². The molecule has 10 nitrogen and oxygen atoms in total. The minimum atomic E-state index is -1.41. The second-order valence-corrected chi connectivity index (χ2v) is 9.35. The number of carbonyl (C=O) groups excluding carboxylic acids is 3. The van der Waals surface area contributed by atoms with E-state index in [4.69, 9.17) is 16.2 Å². The fourth-order valence-corrected chi connectivity index (χ4v) is 4.36. The van der Waals surface area contributed by atoms with Gasteiger partial charge in [-0.25, -0.2) is 4.39 Å². The van der Waals surface area contributed by atoms with E-state index in [0.717, 1.165) is 11.0 Å². The summed E-state index contributed by atoms with van der Waals surface area (Å²) in [5, 5.41) is 12.9. The number of anilines is 2. The number of nitrogens with one attached hydrogen (secondary N) is 1. The number of nitrogens with two attached hydrogens (primary N) is 2. The molecule has 12 heteroatoms. The first kappa shape index (κ1) is 27.4. The number of halogens is 1. The molecule has 3 aromatic rings. The number of carbonyl (C=O) groups is 3. The van der Waals surface area contributed by atoms with E-state index in [1.165, 1.54) is 43.5 Å². The number of nitrogens with zero attached hydrogens (tertiary/aromatic N) is 2. The third-order valence-electron chi connectivity index (χ3n) is 5.53. The third-order valence-corrected chi connectivity index (χ3v) is 6.38. The zero-order valence-corrected chi connectivity index (χ0v) is 21.3. The standard InChI is InChI=1S/C25H28FN5O5S/c1-13(2)10-11-29-24(34)21(14-8-9-17(32)18(12-14)36-3)31(16-7-5-4-6-15(16)26)25(35)22-19(27)20(23(28)33)30-37-22/h4-9,12-13,21,32H,10-11,27H2,1-3H3,(H2,28,33)(H,29,34)/t21-/m1/s1. The van der Waals surface area contributed by atoms with E-state index >= 15 is 4.39 Å². The molecule has 6 N–H and O–H groups in total. The van der Waals surface area contributed by atoms with Gasteiger partial charge in [-0.15, -0.1) is 0 Å². The molecular weight excluding hydrogens is 501 g/mol. The van der Waals surface area contributed by atoms with Crippen LogP contribution in [0.4, 0.5) is 15.8 Å². The summed E-state index contributed by atoms with van der Waals surface area (Å²) in [7, 11) is 1.33. The van der Waals surface area contributed by atoms with Crippen LogP contribution in [0.3, 0.4) is 0 Å². The van der Waals surface area contributed by atoms with Gasteiger partial charge in [-0.05, 0) is 53.7 Å². The molecule has 196 valence electrons. The van der Waals surface area contributed by atoms with Crippen LogP contribution in [0.15, 0.2) is 42.5 Å². The number of benzene rings is 2. The van der Waals surface area contributed by atoms with E-state index in [0.29, 0.717) is 30.4 Å². The number of phenols is 1. The van der Waals surface area contributed by atoms with Crippen molar-refractivity contribution in [3.05, 3.63) is 64.4 Å². The normalized spacial score (nSPS) is 11.7. The minimum Gasteiger partial charge on any atom is -0.504 e. The summed E-state index contributed by atoms with van der Waals surface area (Å²) >= 11 is 0.612. The Morgan fingerprint density at radius 3 is 2.51 bits per heavy atom. The van der Waals surface area contributed by atoms with Gasteiger partial charge in [-0.3, -0.25) is 19.3 Å². The fourth-order valence-electron chi connectivity index (χ4n) is 3.61. The molecule has 1 atom stereocenters. The second-order valence-electron chi connectivity index (χ2n) is 8.57. The summed E-state index contributed by atoms with van der Waals surface area (Å²) < 4.78 is 24.2. The average Bonchev–Trinajstić information content (AvgIpc) is 3.24. The van der Waals surface area contributed by atoms with E-state index in [9.17, 15) is 19.5 Å². The number of phenolic OH excluding ortho intramolecular Hbond substituents is 1. The number of aromatic hydroxyl groups is 1. The highest BCUT2D eigenvalue weighted by atomic mass is 32.1. The Balaban J connectivity index is 2.22. The Morgan fingerprint density at radius 1 is 1.22 bits per heavy atom. The van der Waals surface area contributed by atoms with Gasteiger partial charge in [0.25, 0.3) is 11.8 Å². The van der Waals surface area contributed by atoms with Gasteiger partial charge in [0, 0.05) is 6.54 Å². The van der Waals surface area contributed by atoms with Gasteiger partial charge < -0.3 is 26.6 Å². The van der Waals surface area contributed by atoms with E-state index in [1.807, 2.05) is 13.8 Å². The Bertz CT molecular complexity index is 1310. The molecule has 0 fully saturated rings. The van der Waals surface area contributed by atoms with Crippen molar-refractivity contribution in [3.8, 4) is 11.5 Å². The number of ether oxygens (including phenoxy) is 1. The molecule has 3 rings (SSSR count). The molecular formula is C25H28FN5O5S. The van der Waals surface area contributed by atoms with Crippen LogP contribution in [-0.4, -0.2) is 40.9 Å². The van der Waals surface area contributed by atoms with Crippen LogP contribution in [0.25, 0.3) is 0 Å². The quantitative estimate of drug-likeness (QED) is 0.313. The van der Waals surface area contributed by atoms with Gasteiger partial charge in [-0.2, -0.15) is 4.37 Å². The number of amides is 3. The van der Waals surface area contributed by atoms with Crippen molar-refractivity contribution < 1.29 is 28.6 Å². The Hall–Kier alpha value is -4.19. The number of methoxy groups -OCH3 is 1. The zero-order valence-electron chi connectivity index (χ0n) is 20.5. The van der Waals surface area contributed by atoms with Gasteiger partial charge in [0.15, 0.2) is 17.2 Å². The van der Waals surface area contributed by atoms with Gasteiger partial charge in [0.1, 0.15) is 16.7 Å². The lowest BCUT2D eigenvalue weighted by Gasteiger charge is -2.31. The highest BCUT2D eigenvalue weighted by Gasteiger charge is 2.37. The van der Waals surface area contributed by atoms with Crippen molar-refractivity contribution in [2.75, 3.05) is 24.3 Å². The van der Waals surface area contributed by atoms with E-state index in [1.54, 1.807) is 0 Å². The fraction of sp³-hybridized carbons (Fsp3) is 0.280. The summed E-state index contributed by atoms with van der Waals surface area (Å²) in [6.07, 6.45) is 0.661. The molecule has 0 bridgehead atoms. The third kappa shape index (κ3) is 5.97. The molecule has 1 aromatic heterocycles. The first-order valence-corrected chi connectivity index (χ1v) is 12.1. The molecule has 0 radical (unpaired) electrons. The molecule has 0 saturated heterocycles. The van der Waals surface area contributed by atoms with E-state index in [2.05, 4.69) is 9.69 Å². The average molecular weight is 530 g/mol. The molecule has 37 heavy (non-hydrogen) atoms. The number of hydrogen-bond acceptors (Lipinski definition) is 8. The number of para-hydroxylation sites is 1. The SMILES string of the molecule is COc1cc([C@H](C(=O)NCCC(C)C)N(C(=O)c2snc(C(N)=O)c2N)c2ccccc2F)ccc1O. The maximum absolute atomic E-state index is 15.1. The number of nitrogen functional groups attached to an aromatic ring is 1. The van der Waals surface area contributed by atoms with Crippen LogP contribution in [0, 0.1) is 11.7 Å². The lowest BCUT2D eigenvalue weighted by Crippen LogP contribution is -2.44. The number of hydrogen-bond donors (Lipinski definition) is 4. The summed E-state index contributed by atoms with van der Waals surface area (Å²) in [5.74, 6) is -3.04. The Kier molecular flexibility index (Phi) is 8.66. The molecule has 0 aliphatic rings. The number of primary amides is 1. The minimum absolute atomic E-state index is 0.0479. The van der Waals surface area contributed by atoms with E-state index < -0.39 is 29.6 Å². The van der Waals surface area contributed by atoms with Crippen LogP contribution in [0.1, 0.15) is 52.0 Å². The predicted molar refractivity (Wildman–Crippen MR) is 138 cm³/mol. The summed E-state index contributed by atoms with van der Waals surface area (Å²) in [5.41, 5.74) is 10.8. The van der Waals surface area contributed by atoms with Crippen LogP contribution in [0.5, 0.6) is 11.5 Å². The molecule has 0 aliphatic carbocycles. The van der Waals surface area contributed by atoms with Gasteiger partial charge in [0.2, 0.25) is 5.91 Å². The lowest BCUT2D eigenvalue weighted by atomic mass is 10.0. The monoisotopic (exact) mass is 529 g/mol. The topological polar surface area (TPSA) is 161 Å². The van der Waals surface area contributed by atoms with Crippen LogP contribution in [0.2, 0.25) is 0 Å². The highest BCUT2D eigenvalue weighted by Crippen LogP contribution is 2.37. The van der Waals surface area contributed by atoms with Crippen molar-refractivity contribution in [1.82, 2.24) is 9.69 Å². The van der Waals surface area contributed by atoms with Gasteiger partial charge in [0.05, 0.1) is 18.5 Å². The van der Waals surface area contributed by atoms with Crippen molar-refractivity contribution in [2.45, 2.75) is 26.3 Å². The first-order chi connectivity index (χ1) is 17.6. The van der Waals surface area contributed by atoms with Gasteiger partial charge >= 0.3 is 0 Å².